The first-order chi connectivity index (χ1) is 7.39. The molecule has 2 atom stereocenters. The first-order valence-corrected chi connectivity index (χ1v) is 7.47. The molecule has 0 amide bonds. The molecule has 2 N–H and O–H groups in total. The van der Waals surface area contributed by atoms with Crippen LogP contribution in [-0.2, 0) is 14.6 Å². The van der Waals surface area contributed by atoms with Gasteiger partial charge in [0, 0.05) is 19.1 Å². The maximum atomic E-state index is 11.8. The van der Waals surface area contributed by atoms with E-state index >= 15 is 0 Å². The SMILES string of the molecule is CC(N)CCS(=O)(=O)CC1CN(C)CCO1. The van der Waals surface area contributed by atoms with Gasteiger partial charge in [0.1, 0.15) is 0 Å². The summed E-state index contributed by atoms with van der Waals surface area (Å²) < 4.78 is 29.0. The summed E-state index contributed by atoms with van der Waals surface area (Å²) in [6.45, 7) is 4.00. The Labute approximate surface area is 97.9 Å². The molecule has 0 spiro atoms. The number of likely N-dealkylation sites (N-methyl/N-ethyl adjacent to an activating group) is 1. The quantitative estimate of drug-likeness (QED) is 0.710. The minimum atomic E-state index is -3.03. The molecule has 1 heterocycles. The molecule has 96 valence electrons. The molecule has 0 radical (unpaired) electrons. The summed E-state index contributed by atoms with van der Waals surface area (Å²) in [6, 6.07) is -0.0651. The van der Waals surface area contributed by atoms with Crippen molar-refractivity contribution < 1.29 is 13.2 Å². The zero-order valence-corrected chi connectivity index (χ0v) is 10.9. The Bertz CT molecular complexity index is 303. The summed E-state index contributed by atoms with van der Waals surface area (Å²) in [6.07, 6.45) is 0.335. The van der Waals surface area contributed by atoms with Gasteiger partial charge in [0.2, 0.25) is 0 Å². The van der Waals surface area contributed by atoms with Gasteiger partial charge in [0.15, 0.2) is 9.84 Å². The number of nitrogens with two attached hydrogens (primary N) is 1. The highest BCUT2D eigenvalue weighted by atomic mass is 32.2. The Morgan fingerprint density at radius 1 is 1.56 bits per heavy atom. The number of hydrogen-bond donors (Lipinski definition) is 1. The number of rotatable bonds is 5. The largest absolute Gasteiger partial charge is 0.375 e. The molecule has 1 rings (SSSR count). The molecular formula is C10H22N2O3S. The van der Waals surface area contributed by atoms with Gasteiger partial charge in [-0.15, -0.1) is 0 Å². The van der Waals surface area contributed by atoms with E-state index in [1.54, 1.807) is 0 Å². The first-order valence-electron chi connectivity index (χ1n) is 5.65. The van der Waals surface area contributed by atoms with Gasteiger partial charge in [-0.05, 0) is 20.4 Å². The number of nitrogens with zero attached hydrogens (tertiary/aromatic N) is 1. The van der Waals surface area contributed by atoms with E-state index in [-0.39, 0.29) is 23.7 Å². The van der Waals surface area contributed by atoms with Gasteiger partial charge < -0.3 is 15.4 Å². The molecule has 5 nitrogen and oxygen atoms in total. The van der Waals surface area contributed by atoms with Crippen LogP contribution in [0.5, 0.6) is 0 Å². The van der Waals surface area contributed by atoms with Crippen molar-refractivity contribution in [3.8, 4) is 0 Å². The van der Waals surface area contributed by atoms with Gasteiger partial charge in [0.25, 0.3) is 0 Å². The van der Waals surface area contributed by atoms with E-state index in [4.69, 9.17) is 10.5 Å². The maximum absolute atomic E-state index is 11.8. The predicted molar refractivity (Wildman–Crippen MR) is 64.2 cm³/mol. The third-order valence-electron chi connectivity index (χ3n) is 2.67. The van der Waals surface area contributed by atoms with Gasteiger partial charge in [-0.3, -0.25) is 0 Å². The smallest absolute Gasteiger partial charge is 0.152 e. The molecule has 16 heavy (non-hydrogen) atoms. The van der Waals surface area contributed by atoms with Crippen molar-refractivity contribution in [2.24, 2.45) is 5.73 Å². The molecule has 1 aliphatic heterocycles. The van der Waals surface area contributed by atoms with Crippen LogP contribution in [0.4, 0.5) is 0 Å². The minimum Gasteiger partial charge on any atom is -0.375 e. The minimum absolute atomic E-state index is 0.0651. The molecule has 2 unspecified atom stereocenters. The Morgan fingerprint density at radius 3 is 2.81 bits per heavy atom. The van der Waals surface area contributed by atoms with Gasteiger partial charge in [-0.1, -0.05) is 0 Å². The van der Waals surface area contributed by atoms with E-state index in [0.717, 1.165) is 6.54 Å². The van der Waals surface area contributed by atoms with Crippen LogP contribution < -0.4 is 5.73 Å². The fourth-order valence-electron chi connectivity index (χ4n) is 1.70. The zero-order valence-electron chi connectivity index (χ0n) is 10.1. The van der Waals surface area contributed by atoms with E-state index in [1.165, 1.54) is 0 Å². The van der Waals surface area contributed by atoms with Gasteiger partial charge in [0.05, 0.1) is 24.2 Å². The van der Waals surface area contributed by atoms with Crippen LogP contribution in [0.15, 0.2) is 0 Å². The van der Waals surface area contributed by atoms with Crippen molar-refractivity contribution in [3.63, 3.8) is 0 Å². The summed E-state index contributed by atoms with van der Waals surface area (Å²) in [5.41, 5.74) is 5.55. The molecule has 6 heteroatoms. The topological polar surface area (TPSA) is 72.6 Å². The molecule has 0 aromatic carbocycles. The lowest BCUT2D eigenvalue weighted by molar-refractivity contribution is -0.00680. The Morgan fingerprint density at radius 2 is 2.25 bits per heavy atom. The van der Waals surface area contributed by atoms with Crippen molar-refractivity contribution >= 4 is 9.84 Å². The second-order valence-corrected chi connectivity index (χ2v) is 6.86. The second-order valence-electron chi connectivity index (χ2n) is 4.64. The molecule has 1 aliphatic rings. The zero-order chi connectivity index (χ0) is 12.2. The molecule has 0 bridgehead atoms. The maximum Gasteiger partial charge on any atom is 0.152 e. The van der Waals surface area contributed by atoms with Crippen LogP contribution in [0.2, 0.25) is 0 Å². The average molecular weight is 250 g/mol. The van der Waals surface area contributed by atoms with Crippen LogP contribution in [0.25, 0.3) is 0 Å². The number of hydrogen-bond acceptors (Lipinski definition) is 5. The molecule has 0 aromatic heterocycles. The summed E-state index contributed by atoms with van der Waals surface area (Å²) in [4.78, 5) is 2.09. The van der Waals surface area contributed by atoms with Crippen molar-refractivity contribution in [1.29, 1.82) is 0 Å². The monoisotopic (exact) mass is 250 g/mol. The van der Waals surface area contributed by atoms with E-state index in [9.17, 15) is 8.42 Å². The number of sulfone groups is 1. The first kappa shape index (κ1) is 13.9. The van der Waals surface area contributed by atoms with E-state index < -0.39 is 9.84 Å². The standard InChI is InChI=1S/C10H22N2O3S/c1-9(11)3-6-16(13,14)8-10-7-12(2)4-5-15-10/h9-10H,3-8,11H2,1-2H3. The van der Waals surface area contributed by atoms with E-state index in [1.807, 2.05) is 14.0 Å². The van der Waals surface area contributed by atoms with Crippen LogP contribution in [0.3, 0.4) is 0 Å². The molecule has 0 aromatic rings. The van der Waals surface area contributed by atoms with Gasteiger partial charge >= 0.3 is 0 Å². The summed E-state index contributed by atoms with van der Waals surface area (Å²) in [7, 11) is -1.06. The van der Waals surface area contributed by atoms with Gasteiger partial charge in [-0.2, -0.15) is 0 Å². The van der Waals surface area contributed by atoms with E-state index in [0.29, 0.717) is 19.6 Å². The van der Waals surface area contributed by atoms with Crippen LogP contribution in [0.1, 0.15) is 13.3 Å². The van der Waals surface area contributed by atoms with Crippen molar-refractivity contribution in [2.45, 2.75) is 25.5 Å². The predicted octanol–water partition coefficient (Wildman–Crippen LogP) is -0.531. The highest BCUT2D eigenvalue weighted by Gasteiger charge is 2.24. The third-order valence-corrected chi connectivity index (χ3v) is 4.40. The molecule has 1 saturated heterocycles. The molecule has 0 saturated carbocycles. The third kappa shape index (κ3) is 5.25. The Kier molecular flexibility index (Phi) is 5.17. The van der Waals surface area contributed by atoms with Crippen molar-refractivity contribution in [2.75, 3.05) is 38.2 Å². The lowest BCUT2D eigenvalue weighted by atomic mass is 10.3. The lowest BCUT2D eigenvalue weighted by Crippen LogP contribution is -2.43. The van der Waals surface area contributed by atoms with E-state index in [2.05, 4.69) is 4.90 Å². The molecule has 1 fully saturated rings. The summed E-state index contributed by atoms with van der Waals surface area (Å²) >= 11 is 0. The van der Waals surface area contributed by atoms with Crippen LogP contribution >= 0.6 is 0 Å². The van der Waals surface area contributed by atoms with Gasteiger partial charge in [-0.25, -0.2) is 8.42 Å². The van der Waals surface area contributed by atoms with Crippen molar-refractivity contribution in [3.05, 3.63) is 0 Å². The highest BCUT2D eigenvalue weighted by molar-refractivity contribution is 7.91. The number of morpholine rings is 1. The lowest BCUT2D eigenvalue weighted by Gasteiger charge is -2.29. The fourth-order valence-corrected chi connectivity index (χ4v) is 3.37. The highest BCUT2D eigenvalue weighted by Crippen LogP contribution is 2.07. The Hall–Kier alpha value is -0.170. The summed E-state index contributed by atoms with van der Waals surface area (Å²) in [5.74, 6) is 0.276. The summed E-state index contributed by atoms with van der Waals surface area (Å²) in [5, 5.41) is 0. The fraction of sp³-hybridized carbons (Fsp3) is 1.00. The second kappa shape index (κ2) is 5.95. The van der Waals surface area contributed by atoms with Crippen LogP contribution in [0, 0.1) is 0 Å². The normalized spacial score (nSPS) is 25.6. The molecule has 0 aliphatic carbocycles. The van der Waals surface area contributed by atoms with Crippen molar-refractivity contribution in [1.82, 2.24) is 4.90 Å². The average Bonchev–Trinajstić information content (AvgIpc) is 2.14. The molecular weight excluding hydrogens is 228 g/mol. The van der Waals surface area contributed by atoms with Crippen LogP contribution in [-0.4, -0.2) is 63.7 Å². The Balaban J connectivity index is 2.39. The number of ether oxygens (including phenoxy) is 1.